The average Bonchev–Trinajstić information content (AvgIpc) is 2.53. The third-order valence-electron chi connectivity index (χ3n) is 2.88. The first-order valence-electron chi connectivity index (χ1n) is 6.73. The molecule has 0 saturated carbocycles. The Labute approximate surface area is 150 Å². The Morgan fingerprint density at radius 2 is 1.70 bits per heavy atom. The number of halogens is 2. The molecule has 0 saturated heterocycles. The van der Waals surface area contributed by atoms with Crippen molar-refractivity contribution in [1.29, 1.82) is 0 Å². The van der Waals surface area contributed by atoms with Crippen LogP contribution in [0.25, 0.3) is 0 Å². The second-order valence-electron chi connectivity index (χ2n) is 4.67. The number of rotatable bonds is 4. The van der Waals surface area contributed by atoms with E-state index in [0.29, 0.717) is 11.3 Å². The third kappa shape index (κ3) is 5.37. The number of benzene rings is 2. The van der Waals surface area contributed by atoms with E-state index in [0.717, 1.165) is 8.95 Å². The number of carbonyl (C=O) groups excluding carboxylic acids is 2. The molecule has 2 aromatic rings. The molecule has 2 amide bonds. The van der Waals surface area contributed by atoms with Crippen molar-refractivity contribution in [3.63, 3.8) is 0 Å². The third-order valence-corrected chi connectivity index (χ3v) is 3.91. The molecule has 1 atom stereocenters. The van der Waals surface area contributed by atoms with Gasteiger partial charge in [-0.1, -0.05) is 37.9 Å². The topological polar surface area (TPSA) is 67.4 Å². The lowest BCUT2D eigenvalue weighted by Crippen LogP contribution is -2.47. The van der Waals surface area contributed by atoms with E-state index in [1.54, 1.807) is 49.4 Å². The molecule has 2 N–H and O–H groups in total. The van der Waals surface area contributed by atoms with E-state index in [1.807, 2.05) is 6.07 Å². The standard InChI is InChI=1S/C16H14Br2N2O3/c1-10(23-14-4-2-3-13(18)9-14)15(21)19-20-16(22)11-5-7-12(17)8-6-11/h2-10H,1H3,(H,19,21)(H,20,22). The molecular formula is C16H14Br2N2O3. The summed E-state index contributed by atoms with van der Waals surface area (Å²) < 4.78 is 7.23. The van der Waals surface area contributed by atoms with Gasteiger partial charge in [0.2, 0.25) is 0 Å². The van der Waals surface area contributed by atoms with Crippen molar-refractivity contribution in [3.8, 4) is 5.75 Å². The van der Waals surface area contributed by atoms with Crippen molar-refractivity contribution < 1.29 is 14.3 Å². The Kier molecular flexibility index (Phi) is 6.18. The van der Waals surface area contributed by atoms with Crippen LogP contribution in [0.4, 0.5) is 0 Å². The molecule has 23 heavy (non-hydrogen) atoms. The predicted octanol–water partition coefficient (Wildman–Crippen LogP) is 3.44. The summed E-state index contributed by atoms with van der Waals surface area (Å²) in [5.41, 5.74) is 5.14. The molecule has 0 aromatic heterocycles. The van der Waals surface area contributed by atoms with Crippen LogP contribution in [0.2, 0.25) is 0 Å². The highest BCUT2D eigenvalue weighted by Crippen LogP contribution is 2.18. The summed E-state index contributed by atoms with van der Waals surface area (Å²) in [5, 5.41) is 0. The minimum atomic E-state index is -0.755. The number of ether oxygens (including phenoxy) is 1. The van der Waals surface area contributed by atoms with Crippen LogP contribution in [0.1, 0.15) is 17.3 Å². The molecule has 2 aromatic carbocycles. The molecule has 2 rings (SSSR count). The van der Waals surface area contributed by atoms with E-state index in [4.69, 9.17) is 4.74 Å². The summed E-state index contributed by atoms with van der Waals surface area (Å²) >= 11 is 6.62. The molecule has 0 aliphatic rings. The van der Waals surface area contributed by atoms with Crippen molar-refractivity contribution in [2.24, 2.45) is 0 Å². The van der Waals surface area contributed by atoms with Gasteiger partial charge >= 0.3 is 0 Å². The Morgan fingerprint density at radius 3 is 2.35 bits per heavy atom. The van der Waals surface area contributed by atoms with Gasteiger partial charge in [0.25, 0.3) is 11.8 Å². The van der Waals surface area contributed by atoms with E-state index >= 15 is 0 Å². The van der Waals surface area contributed by atoms with Crippen LogP contribution >= 0.6 is 31.9 Å². The van der Waals surface area contributed by atoms with Crippen molar-refractivity contribution in [1.82, 2.24) is 10.9 Å². The summed E-state index contributed by atoms with van der Waals surface area (Å²) in [4.78, 5) is 23.8. The van der Waals surface area contributed by atoms with Gasteiger partial charge in [-0.05, 0) is 49.4 Å². The van der Waals surface area contributed by atoms with Crippen molar-refractivity contribution >= 4 is 43.7 Å². The summed E-state index contributed by atoms with van der Waals surface area (Å²) in [6.45, 7) is 1.60. The summed E-state index contributed by atoms with van der Waals surface area (Å²) in [6.07, 6.45) is -0.755. The average molecular weight is 442 g/mol. The van der Waals surface area contributed by atoms with Crippen molar-refractivity contribution in [2.75, 3.05) is 0 Å². The quantitative estimate of drug-likeness (QED) is 0.714. The van der Waals surface area contributed by atoms with Gasteiger partial charge < -0.3 is 4.74 Å². The minimum absolute atomic E-state index is 0.402. The number of hydrazine groups is 1. The van der Waals surface area contributed by atoms with Crippen molar-refractivity contribution in [2.45, 2.75) is 13.0 Å². The van der Waals surface area contributed by atoms with Gasteiger partial charge in [-0.3, -0.25) is 20.4 Å². The molecule has 0 heterocycles. The number of nitrogens with one attached hydrogen (secondary N) is 2. The lowest BCUT2D eigenvalue weighted by atomic mass is 10.2. The smallest absolute Gasteiger partial charge is 0.279 e. The zero-order valence-electron chi connectivity index (χ0n) is 12.2. The maximum atomic E-state index is 12.0. The molecule has 5 nitrogen and oxygen atoms in total. The predicted molar refractivity (Wildman–Crippen MR) is 94.0 cm³/mol. The fourth-order valence-corrected chi connectivity index (χ4v) is 2.33. The monoisotopic (exact) mass is 440 g/mol. The lowest BCUT2D eigenvalue weighted by molar-refractivity contribution is -0.128. The fourth-order valence-electron chi connectivity index (χ4n) is 1.69. The first-order chi connectivity index (χ1) is 11.0. The lowest BCUT2D eigenvalue weighted by Gasteiger charge is -2.15. The SMILES string of the molecule is CC(Oc1cccc(Br)c1)C(=O)NNC(=O)c1ccc(Br)cc1. The molecule has 1 unspecified atom stereocenters. The van der Waals surface area contributed by atoms with E-state index in [2.05, 4.69) is 42.7 Å². The molecule has 0 bridgehead atoms. The van der Waals surface area contributed by atoms with E-state index < -0.39 is 17.9 Å². The van der Waals surface area contributed by atoms with Crippen LogP contribution < -0.4 is 15.6 Å². The van der Waals surface area contributed by atoms with Crippen LogP contribution in [-0.4, -0.2) is 17.9 Å². The highest BCUT2D eigenvalue weighted by atomic mass is 79.9. The van der Waals surface area contributed by atoms with Crippen LogP contribution in [0.15, 0.2) is 57.5 Å². The zero-order chi connectivity index (χ0) is 16.8. The zero-order valence-corrected chi connectivity index (χ0v) is 15.3. The number of amides is 2. The summed E-state index contributed by atoms with van der Waals surface area (Å²) in [6, 6.07) is 13.9. The van der Waals surface area contributed by atoms with E-state index in [-0.39, 0.29) is 0 Å². The van der Waals surface area contributed by atoms with Crippen LogP contribution in [0.3, 0.4) is 0 Å². The van der Waals surface area contributed by atoms with Crippen LogP contribution in [0, 0.1) is 0 Å². The van der Waals surface area contributed by atoms with Crippen LogP contribution in [-0.2, 0) is 4.79 Å². The van der Waals surface area contributed by atoms with Gasteiger partial charge in [0.15, 0.2) is 6.10 Å². The molecule has 120 valence electrons. The number of hydrogen-bond donors (Lipinski definition) is 2. The van der Waals surface area contributed by atoms with E-state index in [1.165, 1.54) is 0 Å². The minimum Gasteiger partial charge on any atom is -0.481 e. The van der Waals surface area contributed by atoms with Gasteiger partial charge in [0.05, 0.1) is 0 Å². The van der Waals surface area contributed by atoms with Gasteiger partial charge in [-0.25, -0.2) is 0 Å². The molecule has 0 aliphatic heterocycles. The fraction of sp³-hybridized carbons (Fsp3) is 0.125. The maximum Gasteiger partial charge on any atom is 0.279 e. The summed E-state index contributed by atoms with van der Waals surface area (Å²) in [5.74, 6) is -0.294. The Bertz CT molecular complexity index is 705. The first-order valence-corrected chi connectivity index (χ1v) is 8.32. The highest BCUT2D eigenvalue weighted by molar-refractivity contribution is 9.10. The number of hydrogen-bond acceptors (Lipinski definition) is 3. The Balaban J connectivity index is 1.86. The number of carbonyl (C=O) groups is 2. The van der Waals surface area contributed by atoms with Gasteiger partial charge in [0.1, 0.15) is 5.75 Å². The summed E-state index contributed by atoms with van der Waals surface area (Å²) in [7, 11) is 0. The Morgan fingerprint density at radius 1 is 1.00 bits per heavy atom. The molecule has 0 fully saturated rings. The maximum absolute atomic E-state index is 12.0. The molecule has 0 aliphatic carbocycles. The largest absolute Gasteiger partial charge is 0.481 e. The molecular weight excluding hydrogens is 428 g/mol. The second kappa shape index (κ2) is 8.12. The highest BCUT2D eigenvalue weighted by Gasteiger charge is 2.16. The Hall–Kier alpha value is -1.86. The van der Waals surface area contributed by atoms with Gasteiger partial charge in [-0.2, -0.15) is 0 Å². The van der Waals surface area contributed by atoms with Gasteiger partial charge in [-0.15, -0.1) is 0 Å². The van der Waals surface area contributed by atoms with E-state index in [9.17, 15) is 9.59 Å². The molecule has 0 spiro atoms. The van der Waals surface area contributed by atoms with Gasteiger partial charge in [0, 0.05) is 14.5 Å². The normalized spacial score (nSPS) is 11.4. The van der Waals surface area contributed by atoms with Crippen LogP contribution in [0.5, 0.6) is 5.75 Å². The molecule has 7 heteroatoms. The first kappa shape index (κ1) is 17.5. The van der Waals surface area contributed by atoms with Crippen molar-refractivity contribution in [3.05, 3.63) is 63.0 Å². The second-order valence-corrected chi connectivity index (χ2v) is 6.50. The molecule has 0 radical (unpaired) electrons.